The van der Waals surface area contributed by atoms with E-state index in [4.69, 9.17) is 5.73 Å². The quantitative estimate of drug-likeness (QED) is 0.734. The molecule has 0 saturated carbocycles. The second-order valence-corrected chi connectivity index (χ2v) is 8.67. The van der Waals surface area contributed by atoms with Gasteiger partial charge in [-0.05, 0) is 42.9 Å². The van der Waals surface area contributed by atoms with E-state index in [0.717, 1.165) is 37.9 Å². The molecule has 2 fully saturated rings. The van der Waals surface area contributed by atoms with Crippen LogP contribution in [0, 0.1) is 0 Å². The zero-order chi connectivity index (χ0) is 20.8. The fourth-order valence-corrected chi connectivity index (χ4v) is 5.32. The first-order valence-electron chi connectivity index (χ1n) is 10.6. The van der Waals surface area contributed by atoms with E-state index in [1.165, 1.54) is 5.56 Å². The van der Waals surface area contributed by atoms with Crippen molar-refractivity contribution in [1.29, 1.82) is 0 Å². The summed E-state index contributed by atoms with van der Waals surface area (Å²) in [7, 11) is 0. The third-order valence-electron chi connectivity index (χ3n) is 7.05. The number of hydrogen-bond donors (Lipinski definition) is 2. The number of piperidine rings is 1. The standard InChI is InChI=1S/C22H30N4O3/c1-3-22(4-2)10-16(23)13-25(22)11-14-5-6-17-15(9-14)12-26(21(17)29)18-7-8-19(27)24-20(18)28/h5-6,9,16,18H,3-4,7-8,10-13,23H2,1-2H3,(H,24,27,28). The number of amides is 3. The summed E-state index contributed by atoms with van der Waals surface area (Å²) in [6.07, 6.45) is 3.83. The van der Waals surface area contributed by atoms with Crippen LogP contribution in [0.25, 0.3) is 0 Å². The SMILES string of the molecule is CCC1(CC)CC(N)CN1Cc1ccc2c(c1)CN(C1CCC(=O)NC1=O)C2=O. The summed E-state index contributed by atoms with van der Waals surface area (Å²) < 4.78 is 0. The largest absolute Gasteiger partial charge is 0.326 e. The lowest BCUT2D eigenvalue weighted by atomic mass is 9.88. The van der Waals surface area contributed by atoms with Crippen LogP contribution in [-0.4, -0.2) is 51.7 Å². The Morgan fingerprint density at radius 2 is 1.97 bits per heavy atom. The number of carbonyl (C=O) groups excluding carboxylic acids is 3. The molecule has 3 aliphatic heterocycles. The van der Waals surface area contributed by atoms with Crippen LogP contribution >= 0.6 is 0 Å². The Hall–Kier alpha value is -2.25. The Morgan fingerprint density at radius 1 is 1.21 bits per heavy atom. The zero-order valence-electron chi connectivity index (χ0n) is 17.2. The lowest BCUT2D eigenvalue weighted by molar-refractivity contribution is -0.136. The Labute approximate surface area is 171 Å². The molecule has 2 unspecified atom stereocenters. The number of nitrogens with two attached hydrogens (primary N) is 1. The van der Waals surface area contributed by atoms with E-state index in [1.54, 1.807) is 4.90 Å². The topological polar surface area (TPSA) is 95.7 Å². The first-order chi connectivity index (χ1) is 13.9. The van der Waals surface area contributed by atoms with E-state index in [1.807, 2.05) is 12.1 Å². The molecular weight excluding hydrogens is 368 g/mol. The van der Waals surface area contributed by atoms with Gasteiger partial charge in [-0.1, -0.05) is 26.0 Å². The maximum Gasteiger partial charge on any atom is 0.255 e. The van der Waals surface area contributed by atoms with Gasteiger partial charge in [-0.3, -0.25) is 24.6 Å². The summed E-state index contributed by atoms with van der Waals surface area (Å²) in [5, 5.41) is 2.35. The highest BCUT2D eigenvalue weighted by Gasteiger charge is 2.42. The van der Waals surface area contributed by atoms with Crippen molar-refractivity contribution in [3.05, 3.63) is 34.9 Å². The van der Waals surface area contributed by atoms with E-state index in [0.29, 0.717) is 18.5 Å². The van der Waals surface area contributed by atoms with Crippen LogP contribution in [0.5, 0.6) is 0 Å². The molecule has 0 aromatic heterocycles. The van der Waals surface area contributed by atoms with Crippen molar-refractivity contribution in [3.8, 4) is 0 Å². The van der Waals surface area contributed by atoms with Gasteiger partial charge in [0.25, 0.3) is 5.91 Å². The molecule has 3 aliphatic rings. The molecule has 1 aromatic rings. The normalized spacial score (nSPS) is 26.7. The minimum absolute atomic E-state index is 0.124. The van der Waals surface area contributed by atoms with E-state index in [-0.39, 0.29) is 35.7 Å². The third-order valence-corrected chi connectivity index (χ3v) is 7.05. The molecule has 0 aliphatic carbocycles. The molecule has 1 aromatic carbocycles. The molecule has 2 saturated heterocycles. The number of hydrogen-bond acceptors (Lipinski definition) is 5. The van der Waals surface area contributed by atoms with Crippen LogP contribution in [0.3, 0.4) is 0 Å². The Balaban J connectivity index is 1.52. The average Bonchev–Trinajstić information content (AvgIpc) is 3.18. The van der Waals surface area contributed by atoms with Gasteiger partial charge in [0.15, 0.2) is 0 Å². The van der Waals surface area contributed by atoms with Crippen LogP contribution in [0.1, 0.15) is 67.4 Å². The smallest absolute Gasteiger partial charge is 0.255 e. The molecule has 3 N–H and O–H groups in total. The van der Waals surface area contributed by atoms with Crippen molar-refractivity contribution in [2.45, 2.75) is 76.7 Å². The first-order valence-corrected chi connectivity index (χ1v) is 10.6. The summed E-state index contributed by atoms with van der Waals surface area (Å²) in [5.41, 5.74) is 9.22. The zero-order valence-corrected chi connectivity index (χ0v) is 17.2. The molecule has 7 nitrogen and oxygen atoms in total. The monoisotopic (exact) mass is 398 g/mol. The molecule has 0 bridgehead atoms. The number of likely N-dealkylation sites (tertiary alicyclic amines) is 1. The fraction of sp³-hybridized carbons (Fsp3) is 0.591. The summed E-state index contributed by atoms with van der Waals surface area (Å²) in [4.78, 5) is 40.6. The van der Waals surface area contributed by atoms with E-state index in [2.05, 4.69) is 30.1 Å². The second-order valence-electron chi connectivity index (χ2n) is 8.67. The number of carbonyl (C=O) groups is 3. The predicted octanol–water partition coefficient (Wildman–Crippen LogP) is 1.54. The van der Waals surface area contributed by atoms with Crippen LogP contribution in [0.4, 0.5) is 0 Å². The van der Waals surface area contributed by atoms with Crippen molar-refractivity contribution in [1.82, 2.24) is 15.1 Å². The fourth-order valence-electron chi connectivity index (χ4n) is 5.32. The highest BCUT2D eigenvalue weighted by Crippen LogP contribution is 2.36. The van der Waals surface area contributed by atoms with Gasteiger partial charge in [0.2, 0.25) is 11.8 Å². The van der Waals surface area contributed by atoms with Gasteiger partial charge in [-0.2, -0.15) is 0 Å². The summed E-state index contributed by atoms with van der Waals surface area (Å²) in [6, 6.07) is 5.63. The van der Waals surface area contributed by atoms with Crippen LogP contribution < -0.4 is 11.1 Å². The second kappa shape index (κ2) is 7.54. The number of benzene rings is 1. The van der Waals surface area contributed by atoms with Gasteiger partial charge in [0, 0.05) is 43.2 Å². The van der Waals surface area contributed by atoms with Gasteiger partial charge < -0.3 is 10.6 Å². The Morgan fingerprint density at radius 3 is 2.66 bits per heavy atom. The van der Waals surface area contributed by atoms with Gasteiger partial charge in [-0.15, -0.1) is 0 Å². The van der Waals surface area contributed by atoms with Gasteiger partial charge in [0.05, 0.1) is 0 Å². The number of nitrogens with zero attached hydrogens (tertiary/aromatic N) is 2. The van der Waals surface area contributed by atoms with E-state index < -0.39 is 6.04 Å². The minimum atomic E-state index is -0.569. The molecule has 0 radical (unpaired) electrons. The summed E-state index contributed by atoms with van der Waals surface area (Å²) in [6.45, 7) is 6.58. The average molecular weight is 399 g/mol. The van der Waals surface area contributed by atoms with E-state index >= 15 is 0 Å². The van der Waals surface area contributed by atoms with Crippen molar-refractivity contribution < 1.29 is 14.4 Å². The molecule has 4 rings (SSSR count). The molecule has 3 amide bonds. The van der Waals surface area contributed by atoms with Gasteiger partial charge >= 0.3 is 0 Å². The third kappa shape index (κ3) is 3.46. The van der Waals surface area contributed by atoms with Crippen LogP contribution in [0.15, 0.2) is 18.2 Å². The molecule has 2 atom stereocenters. The van der Waals surface area contributed by atoms with Crippen molar-refractivity contribution >= 4 is 17.7 Å². The predicted molar refractivity (Wildman–Crippen MR) is 109 cm³/mol. The van der Waals surface area contributed by atoms with Crippen molar-refractivity contribution in [3.63, 3.8) is 0 Å². The number of nitrogens with one attached hydrogen (secondary N) is 1. The summed E-state index contributed by atoms with van der Waals surface area (Å²) >= 11 is 0. The molecule has 3 heterocycles. The van der Waals surface area contributed by atoms with Crippen LogP contribution in [0.2, 0.25) is 0 Å². The maximum absolute atomic E-state index is 12.9. The Bertz CT molecular complexity index is 848. The van der Waals surface area contributed by atoms with Crippen LogP contribution in [-0.2, 0) is 22.7 Å². The summed E-state index contributed by atoms with van der Waals surface area (Å²) in [5.74, 6) is -0.762. The molecular formula is C22H30N4O3. The highest BCUT2D eigenvalue weighted by atomic mass is 16.2. The number of fused-ring (bicyclic) bond motifs is 1. The molecule has 156 valence electrons. The first kappa shape index (κ1) is 20.0. The van der Waals surface area contributed by atoms with Crippen molar-refractivity contribution in [2.75, 3.05) is 6.54 Å². The highest BCUT2D eigenvalue weighted by molar-refractivity contribution is 6.05. The van der Waals surface area contributed by atoms with Gasteiger partial charge in [-0.25, -0.2) is 0 Å². The minimum Gasteiger partial charge on any atom is -0.326 e. The molecule has 7 heteroatoms. The maximum atomic E-state index is 12.9. The number of rotatable bonds is 5. The lowest BCUT2D eigenvalue weighted by Crippen LogP contribution is -2.52. The van der Waals surface area contributed by atoms with E-state index in [9.17, 15) is 14.4 Å². The molecule has 0 spiro atoms. The molecule has 29 heavy (non-hydrogen) atoms. The lowest BCUT2D eigenvalue weighted by Gasteiger charge is -2.37. The van der Waals surface area contributed by atoms with Gasteiger partial charge in [0.1, 0.15) is 6.04 Å². The number of imide groups is 1. The Kier molecular flexibility index (Phi) is 5.21. The van der Waals surface area contributed by atoms with Crippen molar-refractivity contribution in [2.24, 2.45) is 5.73 Å².